The number of likely N-dealkylation sites (tertiary alicyclic amines) is 1. The summed E-state index contributed by atoms with van der Waals surface area (Å²) in [4.78, 5) is 17.2. The molecule has 0 radical (unpaired) electrons. The van der Waals surface area contributed by atoms with E-state index in [-0.39, 0.29) is 5.95 Å². The van der Waals surface area contributed by atoms with E-state index in [1.165, 1.54) is 24.8 Å². The Morgan fingerprint density at radius 1 is 0.968 bits per heavy atom. The molecule has 1 fully saturated rings. The molecule has 0 atom stereocenters. The van der Waals surface area contributed by atoms with Crippen LogP contribution in [-0.4, -0.2) is 61.8 Å². The van der Waals surface area contributed by atoms with Crippen LogP contribution in [0.2, 0.25) is 0 Å². The van der Waals surface area contributed by atoms with E-state index >= 15 is 0 Å². The number of anilines is 2. The van der Waals surface area contributed by atoms with E-state index in [0.717, 1.165) is 37.2 Å². The van der Waals surface area contributed by atoms with Gasteiger partial charge < -0.3 is 15.2 Å². The van der Waals surface area contributed by atoms with Crippen molar-refractivity contribution in [1.29, 1.82) is 0 Å². The van der Waals surface area contributed by atoms with E-state index in [1.807, 2.05) is 25.1 Å². The highest BCUT2D eigenvalue weighted by Crippen LogP contribution is 2.24. The Hall–Kier alpha value is -2.72. The molecule has 3 aromatic rings. The minimum absolute atomic E-state index is 0.228. The normalized spacial score (nSPS) is 14.6. The molecule has 0 unspecified atom stereocenters. The molecule has 2 N–H and O–H groups in total. The summed E-state index contributed by atoms with van der Waals surface area (Å²) in [6.45, 7) is 3.81. The van der Waals surface area contributed by atoms with E-state index < -0.39 is 0 Å². The first-order valence-electron chi connectivity index (χ1n) is 10.6. The largest absolute Gasteiger partial charge is 0.368 e. The summed E-state index contributed by atoms with van der Waals surface area (Å²) < 4.78 is 2.21. The van der Waals surface area contributed by atoms with Gasteiger partial charge >= 0.3 is 0 Å². The lowest BCUT2D eigenvalue weighted by atomic mass is 10.1. The minimum Gasteiger partial charge on any atom is -0.368 e. The summed E-state index contributed by atoms with van der Waals surface area (Å²) in [7, 11) is 3.77. The third-order valence-corrected chi connectivity index (χ3v) is 6.17. The Bertz CT molecular complexity index is 984. The molecule has 31 heavy (non-hydrogen) atoms. The Labute approximate surface area is 187 Å². The first-order chi connectivity index (χ1) is 15.1. The van der Waals surface area contributed by atoms with Crippen molar-refractivity contribution in [3.8, 4) is 0 Å². The second-order valence-corrected chi connectivity index (χ2v) is 8.84. The van der Waals surface area contributed by atoms with Gasteiger partial charge in [-0.25, -0.2) is 0 Å². The van der Waals surface area contributed by atoms with Crippen molar-refractivity contribution in [3.05, 3.63) is 47.5 Å². The third-order valence-electron chi connectivity index (χ3n) is 5.21. The van der Waals surface area contributed by atoms with Crippen molar-refractivity contribution in [2.45, 2.75) is 43.3 Å². The molecular weight excluding hydrogens is 410 g/mol. The standard InChI is InChI=1S/C21H29N9S/c1-28(2)20-24-17(23-19(22)25-20)15-31-21-27-26-18(14-29-11-7-4-8-12-29)30(21)13-16-9-5-3-6-10-16/h3,5-6,9-10H,4,7-8,11-15H2,1-2H3,(H2,22,23,24,25). The van der Waals surface area contributed by atoms with Gasteiger partial charge in [0.05, 0.1) is 18.8 Å². The van der Waals surface area contributed by atoms with Crippen LogP contribution in [0.5, 0.6) is 0 Å². The van der Waals surface area contributed by atoms with Crippen LogP contribution in [0, 0.1) is 0 Å². The van der Waals surface area contributed by atoms with Gasteiger partial charge in [-0.15, -0.1) is 10.2 Å². The summed E-state index contributed by atoms with van der Waals surface area (Å²) >= 11 is 1.58. The summed E-state index contributed by atoms with van der Waals surface area (Å²) in [5.41, 5.74) is 7.09. The summed E-state index contributed by atoms with van der Waals surface area (Å²) in [5.74, 6) is 2.96. The maximum Gasteiger partial charge on any atom is 0.229 e. The van der Waals surface area contributed by atoms with Crippen molar-refractivity contribution in [1.82, 2.24) is 34.6 Å². The number of hydrogen-bond acceptors (Lipinski definition) is 9. The summed E-state index contributed by atoms with van der Waals surface area (Å²) in [5, 5.41) is 9.92. The number of nitrogens with zero attached hydrogens (tertiary/aromatic N) is 8. The molecular formula is C21H29N9S. The van der Waals surface area contributed by atoms with Crippen LogP contribution >= 0.6 is 11.8 Å². The van der Waals surface area contributed by atoms with Gasteiger partial charge in [-0.2, -0.15) is 15.0 Å². The average Bonchev–Trinajstić information content (AvgIpc) is 3.14. The van der Waals surface area contributed by atoms with E-state index in [2.05, 4.69) is 58.9 Å². The quantitative estimate of drug-likeness (QED) is 0.530. The molecule has 1 aliphatic heterocycles. The molecule has 10 heteroatoms. The molecule has 2 aromatic heterocycles. The fraction of sp³-hybridized carbons (Fsp3) is 0.476. The maximum atomic E-state index is 5.87. The van der Waals surface area contributed by atoms with Gasteiger partial charge in [-0.05, 0) is 31.5 Å². The van der Waals surface area contributed by atoms with Crippen LogP contribution in [-0.2, 0) is 18.8 Å². The number of hydrogen-bond donors (Lipinski definition) is 1. The van der Waals surface area contributed by atoms with Crippen molar-refractivity contribution in [2.24, 2.45) is 0 Å². The Morgan fingerprint density at radius 2 is 1.74 bits per heavy atom. The monoisotopic (exact) mass is 439 g/mol. The highest BCUT2D eigenvalue weighted by Gasteiger charge is 2.18. The lowest BCUT2D eigenvalue weighted by Crippen LogP contribution is -2.30. The number of thioether (sulfide) groups is 1. The number of rotatable bonds is 8. The van der Waals surface area contributed by atoms with E-state index in [4.69, 9.17) is 5.73 Å². The van der Waals surface area contributed by atoms with Gasteiger partial charge in [-0.1, -0.05) is 48.5 Å². The van der Waals surface area contributed by atoms with E-state index in [9.17, 15) is 0 Å². The summed E-state index contributed by atoms with van der Waals surface area (Å²) in [6.07, 6.45) is 3.82. The van der Waals surface area contributed by atoms with Crippen LogP contribution in [0.1, 0.15) is 36.5 Å². The number of aromatic nitrogens is 6. The van der Waals surface area contributed by atoms with Gasteiger partial charge in [-0.3, -0.25) is 4.90 Å². The van der Waals surface area contributed by atoms with Gasteiger partial charge in [0.25, 0.3) is 0 Å². The first-order valence-corrected chi connectivity index (χ1v) is 11.6. The number of benzene rings is 1. The van der Waals surface area contributed by atoms with Crippen molar-refractivity contribution in [2.75, 3.05) is 37.8 Å². The van der Waals surface area contributed by atoms with Crippen LogP contribution in [0.25, 0.3) is 0 Å². The van der Waals surface area contributed by atoms with E-state index in [1.54, 1.807) is 11.8 Å². The molecule has 1 aliphatic rings. The Kier molecular flexibility index (Phi) is 6.98. The molecule has 9 nitrogen and oxygen atoms in total. The zero-order valence-corrected chi connectivity index (χ0v) is 18.9. The lowest BCUT2D eigenvalue weighted by Gasteiger charge is -2.26. The Balaban J connectivity index is 1.54. The topological polar surface area (TPSA) is 102 Å². The smallest absolute Gasteiger partial charge is 0.229 e. The SMILES string of the molecule is CN(C)c1nc(N)nc(CSc2nnc(CN3CCCCC3)n2Cc2ccccc2)n1. The highest BCUT2D eigenvalue weighted by molar-refractivity contribution is 7.98. The molecule has 3 heterocycles. The van der Waals surface area contributed by atoms with Crippen LogP contribution in [0.15, 0.2) is 35.5 Å². The summed E-state index contributed by atoms with van der Waals surface area (Å²) in [6, 6.07) is 10.4. The fourth-order valence-electron chi connectivity index (χ4n) is 3.60. The number of nitrogen functional groups attached to an aromatic ring is 1. The van der Waals surface area contributed by atoms with Gasteiger partial charge in [0, 0.05) is 14.1 Å². The molecule has 4 rings (SSSR count). The second kappa shape index (κ2) is 10.1. The Morgan fingerprint density at radius 3 is 2.48 bits per heavy atom. The zero-order chi connectivity index (χ0) is 21.6. The molecule has 0 amide bonds. The molecule has 1 saturated heterocycles. The molecule has 164 valence electrons. The zero-order valence-electron chi connectivity index (χ0n) is 18.1. The number of piperidine rings is 1. The molecule has 0 bridgehead atoms. The lowest BCUT2D eigenvalue weighted by molar-refractivity contribution is 0.213. The highest BCUT2D eigenvalue weighted by atomic mass is 32.2. The average molecular weight is 440 g/mol. The predicted octanol–water partition coefficient (Wildman–Crippen LogP) is 2.44. The van der Waals surface area contributed by atoms with Crippen molar-refractivity contribution in [3.63, 3.8) is 0 Å². The molecule has 1 aromatic carbocycles. The van der Waals surface area contributed by atoms with Crippen LogP contribution in [0.4, 0.5) is 11.9 Å². The molecule has 0 aliphatic carbocycles. The van der Waals surface area contributed by atoms with Crippen LogP contribution in [0.3, 0.4) is 0 Å². The van der Waals surface area contributed by atoms with Gasteiger partial charge in [0.2, 0.25) is 11.9 Å². The molecule has 0 spiro atoms. The van der Waals surface area contributed by atoms with Gasteiger partial charge in [0.15, 0.2) is 5.16 Å². The number of nitrogens with two attached hydrogens (primary N) is 1. The first kappa shape index (κ1) is 21.5. The van der Waals surface area contributed by atoms with Gasteiger partial charge in [0.1, 0.15) is 11.6 Å². The van der Waals surface area contributed by atoms with Crippen molar-refractivity contribution >= 4 is 23.7 Å². The predicted molar refractivity (Wildman–Crippen MR) is 123 cm³/mol. The van der Waals surface area contributed by atoms with E-state index in [0.29, 0.717) is 17.5 Å². The fourth-order valence-corrected chi connectivity index (χ4v) is 4.42. The third kappa shape index (κ3) is 5.71. The van der Waals surface area contributed by atoms with Crippen molar-refractivity contribution < 1.29 is 0 Å². The maximum absolute atomic E-state index is 5.87. The minimum atomic E-state index is 0.228. The van der Waals surface area contributed by atoms with Crippen LogP contribution < -0.4 is 10.6 Å². The molecule has 0 saturated carbocycles. The second-order valence-electron chi connectivity index (χ2n) is 7.90.